The molecule has 0 atom stereocenters. The first kappa shape index (κ1) is 23.4. The second-order valence-electron chi connectivity index (χ2n) is 7.74. The van der Waals surface area contributed by atoms with Gasteiger partial charge in [-0.3, -0.25) is 9.78 Å². The van der Waals surface area contributed by atoms with E-state index in [9.17, 15) is 18.7 Å². The molecule has 0 unspecified atom stereocenters. The summed E-state index contributed by atoms with van der Waals surface area (Å²) in [5.41, 5.74) is 1.90. The van der Waals surface area contributed by atoms with Crippen molar-refractivity contribution < 1.29 is 28.2 Å². The average Bonchev–Trinajstić information content (AvgIpc) is 2.86. The molecule has 2 aromatic heterocycles. The summed E-state index contributed by atoms with van der Waals surface area (Å²) in [6, 6.07) is 8.20. The largest absolute Gasteiger partial charge is 0.487 e. The number of carbonyl (C=O) groups excluding carboxylic acids is 1. The molecule has 1 fully saturated rings. The molecule has 1 saturated heterocycles. The molecule has 8 nitrogen and oxygen atoms in total. The van der Waals surface area contributed by atoms with E-state index in [0.29, 0.717) is 43.0 Å². The smallest absolute Gasteiger partial charge is 0.261 e. The van der Waals surface area contributed by atoms with Gasteiger partial charge >= 0.3 is 0 Å². The maximum absolute atomic E-state index is 13.9. The lowest BCUT2D eigenvalue weighted by Crippen LogP contribution is -2.39. The lowest BCUT2D eigenvalue weighted by Gasteiger charge is -2.35. The second kappa shape index (κ2) is 10.4. The van der Waals surface area contributed by atoms with Crippen LogP contribution < -0.4 is 19.7 Å². The van der Waals surface area contributed by atoms with Gasteiger partial charge in [-0.1, -0.05) is 0 Å². The number of aliphatic hydroxyl groups excluding tert-OH is 1. The molecule has 34 heavy (non-hydrogen) atoms. The SMILES string of the molecule is COc1ncccc1C(=O)Nc1cnc(CO)cc1N1CCC(Oc2ccc(F)cc2F)CC1. The number of aliphatic hydroxyl groups is 1. The van der Waals surface area contributed by atoms with E-state index >= 15 is 0 Å². The average molecular weight is 470 g/mol. The van der Waals surface area contributed by atoms with Gasteiger partial charge in [-0.15, -0.1) is 0 Å². The highest BCUT2D eigenvalue weighted by atomic mass is 19.1. The van der Waals surface area contributed by atoms with Crippen molar-refractivity contribution >= 4 is 17.3 Å². The lowest BCUT2D eigenvalue weighted by molar-refractivity contribution is 0.102. The number of methoxy groups -OCH3 is 1. The summed E-state index contributed by atoms with van der Waals surface area (Å²) in [7, 11) is 1.44. The van der Waals surface area contributed by atoms with Crippen LogP contribution >= 0.6 is 0 Å². The van der Waals surface area contributed by atoms with Gasteiger partial charge in [0.2, 0.25) is 5.88 Å². The van der Waals surface area contributed by atoms with Crippen LogP contribution in [0.4, 0.5) is 20.2 Å². The maximum atomic E-state index is 13.9. The Kier molecular flexibility index (Phi) is 7.17. The highest BCUT2D eigenvalue weighted by molar-refractivity contribution is 6.07. The van der Waals surface area contributed by atoms with Crippen LogP contribution in [0.5, 0.6) is 11.6 Å². The van der Waals surface area contributed by atoms with E-state index in [2.05, 4.69) is 15.3 Å². The number of anilines is 2. The van der Waals surface area contributed by atoms with Gasteiger partial charge in [0, 0.05) is 38.2 Å². The minimum Gasteiger partial charge on any atom is -0.487 e. The molecule has 4 rings (SSSR count). The van der Waals surface area contributed by atoms with Crippen molar-refractivity contribution in [3.05, 3.63) is 71.7 Å². The highest BCUT2D eigenvalue weighted by Crippen LogP contribution is 2.31. The molecule has 178 valence electrons. The first-order chi connectivity index (χ1) is 16.5. The third kappa shape index (κ3) is 5.23. The lowest BCUT2D eigenvalue weighted by atomic mass is 10.1. The summed E-state index contributed by atoms with van der Waals surface area (Å²) in [5, 5.41) is 12.4. The predicted octanol–water partition coefficient (Wildman–Crippen LogP) is 3.56. The van der Waals surface area contributed by atoms with E-state index in [-0.39, 0.29) is 29.9 Å². The van der Waals surface area contributed by atoms with Crippen molar-refractivity contribution in [2.45, 2.75) is 25.6 Å². The molecule has 2 N–H and O–H groups in total. The van der Waals surface area contributed by atoms with E-state index in [1.165, 1.54) is 25.6 Å². The summed E-state index contributed by atoms with van der Waals surface area (Å²) in [6.45, 7) is 0.865. The number of aromatic nitrogens is 2. The summed E-state index contributed by atoms with van der Waals surface area (Å²) in [5.74, 6) is -1.58. The number of benzene rings is 1. The van der Waals surface area contributed by atoms with Crippen molar-refractivity contribution in [2.24, 2.45) is 0 Å². The topological polar surface area (TPSA) is 96.8 Å². The van der Waals surface area contributed by atoms with Gasteiger partial charge in [-0.2, -0.15) is 0 Å². The number of halogens is 2. The molecule has 0 aliphatic carbocycles. The van der Waals surface area contributed by atoms with Crippen LogP contribution in [0, 0.1) is 11.6 Å². The number of pyridine rings is 2. The van der Waals surface area contributed by atoms with Gasteiger partial charge in [-0.25, -0.2) is 13.8 Å². The number of hydrogen-bond acceptors (Lipinski definition) is 7. The quantitative estimate of drug-likeness (QED) is 0.545. The van der Waals surface area contributed by atoms with E-state index in [1.807, 2.05) is 4.90 Å². The van der Waals surface area contributed by atoms with Crippen LogP contribution in [-0.2, 0) is 6.61 Å². The number of rotatable bonds is 7. The number of hydrogen-bond donors (Lipinski definition) is 2. The minimum absolute atomic E-state index is 0.0182. The van der Waals surface area contributed by atoms with E-state index in [1.54, 1.807) is 18.2 Å². The Labute approximate surface area is 195 Å². The Hall–Kier alpha value is -3.79. The molecule has 1 aliphatic rings. The van der Waals surface area contributed by atoms with Crippen molar-refractivity contribution in [1.82, 2.24) is 9.97 Å². The number of amides is 1. The molecule has 0 radical (unpaired) electrons. The molecule has 1 aromatic carbocycles. The molecule has 0 saturated carbocycles. The number of carbonyl (C=O) groups is 1. The van der Waals surface area contributed by atoms with E-state index in [4.69, 9.17) is 9.47 Å². The zero-order chi connectivity index (χ0) is 24.1. The third-order valence-corrected chi connectivity index (χ3v) is 5.53. The Morgan fingerprint density at radius 1 is 1.21 bits per heavy atom. The fourth-order valence-electron chi connectivity index (χ4n) is 3.81. The van der Waals surface area contributed by atoms with Gasteiger partial charge in [0.15, 0.2) is 11.6 Å². The van der Waals surface area contributed by atoms with Crippen molar-refractivity contribution in [3.8, 4) is 11.6 Å². The predicted molar refractivity (Wildman–Crippen MR) is 121 cm³/mol. The Bertz CT molecular complexity index is 1170. The van der Waals surface area contributed by atoms with Crippen molar-refractivity contribution in [1.29, 1.82) is 0 Å². The number of piperidine rings is 1. The molecule has 1 aliphatic heterocycles. The fraction of sp³-hybridized carbons (Fsp3) is 0.292. The van der Waals surface area contributed by atoms with E-state index < -0.39 is 17.5 Å². The van der Waals surface area contributed by atoms with Crippen molar-refractivity contribution in [2.75, 3.05) is 30.4 Å². The molecule has 3 heterocycles. The molecule has 3 aromatic rings. The molecular weight excluding hydrogens is 446 g/mol. The maximum Gasteiger partial charge on any atom is 0.261 e. The Balaban J connectivity index is 1.49. The molecule has 0 spiro atoms. The van der Waals surface area contributed by atoms with Crippen molar-refractivity contribution in [3.63, 3.8) is 0 Å². The molecule has 1 amide bonds. The Morgan fingerprint density at radius 3 is 2.71 bits per heavy atom. The van der Waals surface area contributed by atoms with Gasteiger partial charge in [0.05, 0.1) is 37.0 Å². The zero-order valence-electron chi connectivity index (χ0n) is 18.5. The molecular formula is C24H24F2N4O4. The second-order valence-corrected chi connectivity index (χ2v) is 7.74. The minimum atomic E-state index is -0.736. The van der Waals surface area contributed by atoms with Gasteiger partial charge in [0.1, 0.15) is 17.5 Å². The summed E-state index contributed by atoms with van der Waals surface area (Å²) in [4.78, 5) is 23.2. The Morgan fingerprint density at radius 2 is 2.00 bits per heavy atom. The van der Waals surface area contributed by atoms with Gasteiger partial charge in [0.25, 0.3) is 5.91 Å². The van der Waals surface area contributed by atoms with Crippen LogP contribution in [0.1, 0.15) is 28.9 Å². The van der Waals surface area contributed by atoms with Gasteiger partial charge < -0.3 is 24.8 Å². The normalized spacial score (nSPS) is 14.1. The summed E-state index contributed by atoms with van der Waals surface area (Å²) in [6.07, 6.45) is 3.95. The van der Waals surface area contributed by atoms with Crippen LogP contribution in [0.3, 0.4) is 0 Å². The monoisotopic (exact) mass is 470 g/mol. The van der Waals surface area contributed by atoms with Crippen LogP contribution in [0.25, 0.3) is 0 Å². The number of ether oxygens (including phenoxy) is 2. The highest BCUT2D eigenvalue weighted by Gasteiger charge is 2.25. The van der Waals surface area contributed by atoms with Crippen LogP contribution in [0.2, 0.25) is 0 Å². The standard InChI is InChI=1S/C24H24F2N4O4/c1-33-24-18(3-2-8-27-24)23(32)29-20-13-28-16(14-31)12-21(20)30-9-6-17(7-10-30)34-22-5-4-15(25)11-19(22)26/h2-5,8,11-13,17,31H,6-7,9-10,14H2,1H3,(H,29,32). The number of nitrogens with zero attached hydrogens (tertiary/aromatic N) is 3. The summed E-state index contributed by atoms with van der Waals surface area (Å²) >= 11 is 0. The molecule has 10 heteroatoms. The van der Waals surface area contributed by atoms with Crippen LogP contribution in [0.15, 0.2) is 48.8 Å². The first-order valence-electron chi connectivity index (χ1n) is 10.7. The molecule has 0 bridgehead atoms. The zero-order valence-corrected chi connectivity index (χ0v) is 18.5. The fourth-order valence-corrected chi connectivity index (χ4v) is 3.81. The number of nitrogens with one attached hydrogen (secondary N) is 1. The van der Waals surface area contributed by atoms with Crippen LogP contribution in [-0.4, -0.2) is 47.3 Å². The third-order valence-electron chi connectivity index (χ3n) is 5.53. The van der Waals surface area contributed by atoms with Gasteiger partial charge in [-0.05, 0) is 30.3 Å². The first-order valence-corrected chi connectivity index (χ1v) is 10.7. The summed E-state index contributed by atoms with van der Waals surface area (Å²) < 4.78 is 38.0. The van der Waals surface area contributed by atoms with E-state index in [0.717, 1.165) is 12.1 Å².